The Labute approximate surface area is 164 Å². The second-order valence-corrected chi connectivity index (χ2v) is 8.62. The molecule has 146 valence electrons. The van der Waals surface area contributed by atoms with E-state index in [0.29, 0.717) is 43.9 Å². The van der Waals surface area contributed by atoms with Gasteiger partial charge < -0.3 is 10.2 Å². The molecule has 7 nitrogen and oxygen atoms in total. The highest BCUT2D eigenvalue weighted by Crippen LogP contribution is 2.29. The van der Waals surface area contributed by atoms with Crippen molar-refractivity contribution in [1.82, 2.24) is 15.2 Å². The average molecular weight is 398 g/mol. The number of carbonyl (C=O) groups is 1. The van der Waals surface area contributed by atoms with Crippen LogP contribution in [0.4, 0.5) is 0 Å². The van der Waals surface area contributed by atoms with E-state index < -0.39 is 10.0 Å². The molecule has 1 N–H and O–H groups in total. The Morgan fingerprint density at radius 3 is 2.68 bits per heavy atom. The first-order chi connectivity index (χ1) is 13.5. The summed E-state index contributed by atoms with van der Waals surface area (Å²) in [5.74, 6) is 0.509. The molecule has 0 unspecified atom stereocenters. The fourth-order valence-corrected chi connectivity index (χ4v) is 4.92. The van der Waals surface area contributed by atoms with Crippen LogP contribution >= 0.6 is 0 Å². The van der Waals surface area contributed by atoms with Gasteiger partial charge in [-0.05, 0) is 43.0 Å². The van der Waals surface area contributed by atoms with Gasteiger partial charge >= 0.3 is 0 Å². The molecule has 1 amide bonds. The van der Waals surface area contributed by atoms with Crippen LogP contribution in [0.1, 0.15) is 24.0 Å². The minimum absolute atomic E-state index is 0.0565. The maximum absolute atomic E-state index is 12.4. The predicted octanol–water partition coefficient (Wildman–Crippen LogP) is 1.60. The van der Waals surface area contributed by atoms with Crippen LogP contribution in [-0.4, -0.2) is 49.7 Å². The van der Waals surface area contributed by atoms with Gasteiger partial charge in [-0.1, -0.05) is 18.2 Å². The quantitative estimate of drug-likeness (QED) is 0.845. The van der Waals surface area contributed by atoms with E-state index in [1.165, 1.54) is 0 Å². The Morgan fingerprint density at radius 2 is 1.93 bits per heavy atom. The molecule has 2 aromatic rings. The molecule has 0 aliphatic carbocycles. The number of rotatable bonds is 4. The number of fused-ring (bicyclic) bond motifs is 1. The number of sulfonamides is 1. The standard InChI is InChI=1S/C20H22N4O3S/c25-20(22-11-7-15-4-3-10-21-14-15)16-8-12-24(13-9-16)19-17-5-1-2-6-18(17)28(26,27)23-19/h1-6,10,14,16H,7-9,11-13H2,(H,22,25). The van der Waals surface area contributed by atoms with Crippen LogP contribution in [0.5, 0.6) is 0 Å². The summed E-state index contributed by atoms with van der Waals surface area (Å²) in [5.41, 5.74) is 1.75. The maximum Gasteiger partial charge on any atom is 0.285 e. The Kier molecular flexibility index (Phi) is 5.13. The monoisotopic (exact) mass is 398 g/mol. The average Bonchev–Trinajstić information content (AvgIpc) is 3.00. The van der Waals surface area contributed by atoms with Gasteiger partial charge in [-0.2, -0.15) is 8.42 Å². The van der Waals surface area contributed by atoms with E-state index >= 15 is 0 Å². The number of pyridine rings is 1. The molecular weight excluding hydrogens is 376 g/mol. The molecule has 4 rings (SSSR count). The van der Waals surface area contributed by atoms with Gasteiger partial charge in [0.25, 0.3) is 10.0 Å². The normalized spacial score (nSPS) is 18.4. The van der Waals surface area contributed by atoms with E-state index in [1.807, 2.05) is 23.1 Å². The maximum atomic E-state index is 12.4. The zero-order chi connectivity index (χ0) is 19.6. The molecule has 0 radical (unpaired) electrons. The van der Waals surface area contributed by atoms with Crippen molar-refractivity contribution in [1.29, 1.82) is 0 Å². The molecule has 3 heterocycles. The van der Waals surface area contributed by atoms with Crippen molar-refractivity contribution in [2.75, 3.05) is 19.6 Å². The van der Waals surface area contributed by atoms with Crippen molar-refractivity contribution in [2.45, 2.75) is 24.2 Å². The highest BCUT2D eigenvalue weighted by molar-refractivity contribution is 7.90. The number of hydrogen-bond acceptors (Lipinski definition) is 5. The van der Waals surface area contributed by atoms with E-state index in [1.54, 1.807) is 30.6 Å². The SMILES string of the molecule is O=C(NCCc1cccnc1)C1CCN(C2=NS(=O)(=O)c3ccccc32)CC1. The molecule has 0 spiro atoms. The Hall–Kier alpha value is -2.74. The largest absolute Gasteiger partial charge is 0.356 e. The first kappa shape index (κ1) is 18.6. The number of amidine groups is 1. The summed E-state index contributed by atoms with van der Waals surface area (Å²) in [7, 11) is -3.61. The van der Waals surface area contributed by atoms with Gasteiger partial charge in [0.05, 0.1) is 0 Å². The number of nitrogens with zero attached hydrogens (tertiary/aromatic N) is 3. The van der Waals surface area contributed by atoms with Crippen LogP contribution in [0, 0.1) is 5.92 Å². The van der Waals surface area contributed by atoms with E-state index in [2.05, 4.69) is 14.7 Å². The Balaban J connectivity index is 1.32. The molecular formula is C20H22N4O3S. The summed E-state index contributed by atoms with van der Waals surface area (Å²) >= 11 is 0. The zero-order valence-electron chi connectivity index (χ0n) is 15.4. The van der Waals surface area contributed by atoms with Crippen molar-refractivity contribution in [3.05, 3.63) is 59.9 Å². The van der Waals surface area contributed by atoms with Crippen LogP contribution in [0.15, 0.2) is 58.1 Å². The molecule has 0 saturated carbocycles. The molecule has 1 aromatic carbocycles. The third-order valence-corrected chi connectivity index (χ3v) is 6.54. The van der Waals surface area contributed by atoms with Crippen LogP contribution < -0.4 is 5.32 Å². The molecule has 2 aliphatic rings. The highest BCUT2D eigenvalue weighted by atomic mass is 32.2. The van der Waals surface area contributed by atoms with Gasteiger partial charge in [0.1, 0.15) is 4.90 Å². The summed E-state index contributed by atoms with van der Waals surface area (Å²) in [6.45, 7) is 1.82. The minimum atomic E-state index is -3.61. The first-order valence-electron chi connectivity index (χ1n) is 9.40. The number of likely N-dealkylation sites (tertiary alicyclic amines) is 1. The number of amides is 1. The van der Waals surface area contributed by atoms with Gasteiger partial charge in [-0.15, -0.1) is 4.40 Å². The number of aromatic nitrogens is 1. The Bertz CT molecular complexity index is 997. The molecule has 1 saturated heterocycles. The third-order valence-electron chi connectivity index (χ3n) is 5.21. The molecule has 8 heteroatoms. The summed E-state index contributed by atoms with van der Waals surface area (Å²) in [4.78, 5) is 18.8. The molecule has 28 heavy (non-hydrogen) atoms. The topological polar surface area (TPSA) is 91.7 Å². The fourth-order valence-electron chi connectivity index (χ4n) is 3.69. The van der Waals surface area contributed by atoms with Crippen molar-refractivity contribution in [2.24, 2.45) is 10.3 Å². The lowest BCUT2D eigenvalue weighted by Crippen LogP contribution is -2.43. The summed E-state index contributed by atoms with van der Waals surface area (Å²) in [6, 6.07) is 10.8. The predicted molar refractivity (Wildman–Crippen MR) is 105 cm³/mol. The highest BCUT2D eigenvalue weighted by Gasteiger charge is 2.34. The summed E-state index contributed by atoms with van der Waals surface area (Å²) in [6.07, 6.45) is 5.65. The molecule has 0 atom stereocenters. The number of benzene rings is 1. The van der Waals surface area contributed by atoms with E-state index in [0.717, 1.165) is 12.0 Å². The van der Waals surface area contributed by atoms with Crippen LogP contribution in [0.3, 0.4) is 0 Å². The lowest BCUT2D eigenvalue weighted by Gasteiger charge is -2.32. The van der Waals surface area contributed by atoms with Crippen molar-refractivity contribution in [3.8, 4) is 0 Å². The number of hydrogen-bond donors (Lipinski definition) is 1. The van der Waals surface area contributed by atoms with Gasteiger partial charge in [0.2, 0.25) is 5.91 Å². The van der Waals surface area contributed by atoms with Gasteiger partial charge in [-0.3, -0.25) is 9.78 Å². The zero-order valence-corrected chi connectivity index (χ0v) is 16.2. The lowest BCUT2D eigenvalue weighted by atomic mass is 9.95. The van der Waals surface area contributed by atoms with Gasteiger partial charge in [0, 0.05) is 43.5 Å². The van der Waals surface area contributed by atoms with Crippen molar-refractivity contribution < 1.29 is 13.2 Å². The van der Waals surface area contributed by atoms with Crippen LogP contribution in [0.25, 0.3) is 0 Å². The Morgan fingerprint density at radius 1 is 1.14 bits per heavy atom. The molecule has 2 aliphatic heterocycles. The smallest absolute Gasteiger partial charge is 0.285 e. The number of nitrogens with one attached hydrogen (secondary N) is 1. The van der Waals surface area contributed by atoms with E-state index in [-0.39, 0.29) is 16.7 Å². The fraction of sp³-hybridized carbons (Fsp3) is 0.350. The van der Waals surface area contributed by atoms with Crippen LogP contribution in [0.2, 0.25) is 0 Å². The van der Waals surface area contributed by atoms with Crippen molar-refractivity contribution >= 4 is 21.8 Å². The van der Waals surface area contributed by atoms with Gasteiger partial charge in [-0.25, -0.2) is 0 Å². The number of carbonyl (C=O) groups excluding carboxylic acids is 1. The minimum Gasteiger partial charge on any atom is -0.356 e. The summed E-state index contributed by atoms with van der Waals surface area (Å²) in [5, 5.41) is 3.00. The second kappa shape index (κ2) is 7.71. The molecule has 0 bridgehead atoms. The van der Waals surface area contributed by atoms with Crippen molar-refractivity contribution in [3.63, 3.8) is 0 Å². The van der Waals surface area contributed by atoms with E-state index in [4.69, 9.17) is 0 Å². The molecule has 1 aromatic heterocycles. The van der Waals surface area contributed by atoms with E-state index in [9.17, 15) is 13.2 Å². The lowest BCUT2D eigenvalue weighted by molar-refractivity contribution is -0.126. The second-order valence-electron chi connectivity index (χ2n) is 7.05. The first-order valence-corrected chi connectivity index (χ1v) is 10.8. The number of piperidine rings is 1. The van der Waals surface area contributed by atoms with Gasteiger partial charge in [0.15, 0.2) is 5.84 Å². The van der Waals surface area contributed by atoms with Crippen LogP contribution in [-0.2, 0) is 21.2 Å². The summed E-state index contributed by atoms with van der Waals surface area (Å²) < 4.78 is 28.4. The molecule has 1 fully saturated rings. The third kappa shape index (κ3) is 3.77.